The van der Waals surface area contributed by atoms with Crippen LogP contribution in [0.25, 0.3) is 32.9 Å². The van der Waals surface area contributed by atoms with Crippen LogP contribution in [0.2, 0.25) is 0 Å². The molecule has 6 aliphatic heterocycles. The van der Waals surface area contributed by atoms with E-state index in [4.69, 9.17) is 33.2 Å². The number of furan rings is 3. The van der Waals surface area contributed by atoms with E-state index < -0.39 is 5.97 Å². The molecule has 6 fully saturated rings. The molecule has 25 nitrogen and oxygen atoms in total. The van der Waals surface area contributed by atoms with Crippen LogP contribution >= 0.6 is 12.4 Å². The van der Waals surface area contributed by atoms with Gasteiger partial charge in [-0.2, -0.15) is 0 Å². The Hall–Kier alpha value is -9.05. The van der Waals surface area contributed by atoms with E-state index in [2.05, 4.69) is 120 Å². The molecule has 682 valence electrons. The first-order chi connectivity index (χ1) is 60.2. The fraction of sp³-hybridized carbons (Fsp3) is 0.576. The Morgan fingerprint density at radius 3 is 0.952 bits per heavy atom. The van der Waals surface area contributed by atoms with Gasteiger partial charge in [0.2, 0.25) is 0 Å². The first-order valence-electron chi connectivity index (χ1n) is 46.8. The number of halogens is 1. The van der Waals surface area contributed by atoms with Crippen molar-refractivity contribution in [2.75, 3.05) is 113 Å². The number of nitrogens with zero attached hydrogens (tertiary/aromatic N) is 6. The van der Waals surface area contributed by atoms with E-state index in [1.807, 2.05) is 72.7 Å². The van der Waals surface area contributed by atoms with Crippen molar-refractivity contribution in [1.29, 1.82) is 0 Å². The zero-order valence-electron chi connectivity index (χ0n) is 76.6. The quantitative estimate of drug-likeness (QED) is 0.0229. The van der Waals surface area contributed by atoms with Crippen LogP contribution in [0, 0.1) is 20.8 Å². The van der Waals surface area contributed by atoms with E-state index >= 15 is 0 Å². The molecule has 0 spiro atoms. The van der Waals surface area contributed by atoms with Gasteiger partial charge in [-0.15, -0.1) is 12.4 Å². The predicted octanol–water partition coefficient (Wildman–Crippen LogP) is 16.8. The summed E-state index contributed by atoms with van der Waals surface area (Å²) in [7, 11) is 0. The fourth-order valence-electron chi connectivity index (χ4n) is 19.9. The first kappa shape index (κ1) is 96.6. The standard InChI is InChI=1S/2C33H46N4O4.C24H34N2O4.C9H14N2O.ClH/c2*1-5-23-17-22(4)35-32(38)28(23)20-34-33(39)31-26(6-2)29(37(7-3)24-11-15-40-16-12-24)19-30-27(31)18-25(41-30)21-36-13-9-8-10-14-36;1-3-19-21(26(4-2)17-8-12-29-13-9-17)15-22-20(23(19)24(27)28)14-18(30-22)16-25-10-6-5-7-11-25;1-3-7-4-6(2)11-9(12)8(7)5-10;/h2*17-19,24H,5-16,20-21H2,1-4H3,(H,34,39)(H,35,38);14-15,17H,3-13,16H2,1-2H3,(H,27,28);4H,3,5,10H2,1-2H3,(H,11,12);1H. The van der Waals surface area contributed by atoms with Gasteiger partial charge >= 0.3 is 5.97 Å². The lowest BCUT2D eigenvalue weighted by molar-refractivity contribution is 0.0696. The number of hydrogen-bond donors (Lipinski definition) is 7. The smallest absolute Gasteiger partial charge is 0.336 e. The number of fused-ring (bicyclic) bond motifs is 3. The minimum Gasteiger partial charge on any atom is -0.478 e. The maximum atomic E-state index is 14.1. The van der Waals surface area contributed by atoms with E-state index in [1.54, 1.807) is 0 Å². The zero-order valence-corrected chi connectivity index (χ0v) is 77.5. The monoisotopic (exact) mass is 1740 g/mol. The van der Waals surface area contributed by atoms with Gasteiger partial charge in [0.05, 0.1) is 36.3 Å². The molecule has 6 aromatic heterocycles. The third-order valence-corrected chi connectivity index (χ3v) is 26.2. The molecule has 0 saturated carbocycles. The van der Waals surface area contributed by atoms with Crippen molar-refractivity contribution >= 4 is 80.2 Å². The number of aromatic nitrogens is 3. The second-order valence-electron chi connectivity index (χ2n) is 34.4. The number of carboxylic acid groups (broad SMARTS) is 1. The number of carbonyl (C=O) groups is 3. The van der Waals surface area contributed by atoms with E-state index in [1.165, 1.54) is 57.8 Å². The number of carbonyl (C=O) groups excluding carboxylic acids is 2. The lowest BCUT2D eigenvalue weighted by atomic mass is 9.95. The number of piperidine rings is 3. The summed E-state index contributed by atoms with van der Waals surface area (Å²) >= 11 is 0. The summed E-state index contributed by atoms with van der Waals surface area (Å²) in [6.45, 7) is 41.0. The number of H-pyrrole nitrogens is 3. The third-order valence-electron chi connectivity index (χ3n) is 26.2. The maximum Gasteiger partial charge on any atom is 0.336 e. The first-order valence-corrected chi connectivity index (χ1v) is 46.8. The van der Waals surface area contributed by atoms with Gasteiger partial charge in [0.1, 0.15) is 34.0 Å². The van der Waals surface area contributed by atoms with Crippen LogP contribution in [0.1, 0.15) is 274 Å². The Labute approximate surface area is 744 Å². The second kappa shape index (κ2) is 46.6. The van der Waals surface area contributed by atoms with Gasteiger partial charge in [-0.3, -0.25) is 38.7 Å². The maximum absolute atomic E-state index is 14.1. The van der Waals surface area contributed by atoms with Gasteiger partial charge < -0.3 is 78.6 Å². The van der Waals surface area contributed by atoms with E-state index in [-0.39, 0.29) is 54.0 Å². The molecule has 125 heavy (non-hydrogen) atoms. The van der Waals surface area contributed by atoms with Crippen LogP contribution < -0.4 is 47.7 Å². The Morgan fingerprint density at radius 2 is 0.680 bits per heavy atom. The SMILES string of the molecule is CCc1c(N(CC)C2CCOCC2)cc2oc(CN3CCCCC3)cc2c1C(=O)O.CCc1cc(C)[nH]c(=O)c1CN.CCc1cc(C)[nH]c(=O)c1CNC(=O)c1c(CC)c(N(CC)C2CCOCC2)cc2oc(CN3CCCCC3)cc12.CCc1cc(C)[nH]c(=O)c1CNC(=O)c1c(CC)c(N(CC)C2CCOCC2)cc2oc(CN3CCCCC3)cc12.Cl. The minimum absolute atomic E-state index is 0. The van der Waals surface area contributed by atoms with Crippen LogP contribution in [-0.4, -0.2) is 169 Å². The number of amides is 2. The Balaban J connectivity index is 0.000000172. The van der Waals surface area contributed by atoms with Gasteiger partial charge in [-0.05, 0) is 266 Å². The number of nitrogens with two attached hydrogens (primary N) is 1. The average Bonchev–Trinajstić information content (AvgIpc) is 1.67. The summed E-state index contributed by atoms with van der Waals surface area (Å²) in [6, 6.07) is 19.5. The lowest BCUT2D eigenvalue weighted by Crippen LogP contribution is -2.40. The topological polar surface area (TPSA) is 307 Å². The third kappa shape index (κ3) is 23.7. The number of pyridine rings is 3. The van der Waals surface area contributed by atoms with Gasteiger partial charge in [0.25, 0.3) is 28.5 Å². The Morgan fingerprint density at radius 1 is 0.400 bits per heavy atom. The van der Waals surface area contributed by atoms with Crippen LogP contribution in [-0.2, 0) is 92.0 Å². The van der Waals surface area contributed by atoms with E-state index in [9.17, 15) is 33.9 Å². The minimum atomic E-state index is -0.868. The van der Waals surface area contributed by atoms with Crippen molar-refractivity contribution in [2.45, 2.75) is 275 Å². The number of likely N-dealkylation sites (tertiary alicyclic amines) is 3. The van der Waals surface area contributed by atoms with Crippen molar-refractivity contribution in [3.8, 4) is 0 Å². The fourth-order valence-corrected chi connectivity index (χ4v) is 19.9. The molecule has 0 radical (unpaired) electrons. The molecule has 3 aromatic carbocycles. The molecule has 0 unspecified atom stereocenters. The number of aromatic amines is 3. The van der Waals surface area contributed by atoms with Crippen molar-refractivity contribution < 1.29 is 47.0 Å². The van der Waals surface area contributed by atoms with Crippen LogP contribution in [0.3, 0.4) is 0 Å². The molecule has 8 N–H and O–H groups in total. The summed E-state index contributed by atoms with van der Waals surface area (Å²) in [5.74, 6) is 1.46. The molecule has 0 atom stereocenters. The predicted molar refractivity (Wildman–Crippen MR) is 503 cm³/mol. The number of aromatic carboxylic acids is 1. The molecule has 9 aromatic rings. The largest absolute Gasteiger partial charge is 0.478 e. The number of anilines is 3. The highest BCUT2D eigenvalue weighted by molar-refractivity contribution is 6.11. The Kier molecular flexibility index (Phi) is 36.0. The molecule has 2 amide bonds. The van der Waals surface area contributed by atoms with Crippen molar-refractivity contribution in [2.24, 2.45) is 5.73 Å². The van der Waals surface area contributed by atoms with Crippen molar-refractivity contribution in [3.05, 3.63) is 187 Å². The molecule has 26 heteroatoms. The highest BCUT2D eigenvalue weighted by atomic mass is 35.5. The molecule has 12 heterocycles. The number of nitrogens with one attached hydrogen (secondary N) is 5. The second-order valence-corrected chi connectivity index (χ2v) is 34.4. The zero-order chi connectivity index (χ0) is 88.1. The summed E-state index contributed by atoms with van der Waals surface area (Å²) in [5, 5.41) is 18.8. The van der Waals surface area contributed by atoms with Gasteiger partial charge in [-0.25, -0.2) is 4.79 Å². The van der Waals surface area contributed by atoms with E-state index in [0.29, 0.717) is 82.9 Å². The molecular formula is C99H141ClN12O13. The highest BCUT2D eigenvalue weighted by Crippen LogP contribution is 2.42. The van der Waals surface area contributed by atoms with E-state index in [0.717, 1.165) is 288 Å². The summed E-state index contributed by atoms with van der Waals surface area (Å²) < 4.78 is 36.1. The van der Waals surface area contributed by atoms with Crippen molar-refractivity contribution in [3.63, 3.8) is 0 Å². The van der Waals surface area contributed by atoms with Crippen molar-refractivity contribution in [1.82, 2.24) is 40.3 Å². The molecular weight excluding hydrogens is 1600 g/mol. The average molecular weight is 1740 g/mol. The number of rotatable bonds is 29. The number of ether oxygens (including phenoxy) is 3. The number of aryl methyl sites for hydroxylation is 6. The molecule has 0 aliphatic carbocycles. The molecule has 6 saturated heterocycles. The molecule has 6 aliphatic rings. The molecule has 0 bridgehead atoms. The number of carboxylic acids is 1. The van der Waals surface area contributed by atoms with Crippen LogP contribution in [0.4, 0.5) is 17.1 Å². The molecule has 15 rings (SSSR count). The highest BCUT2D eigenvalue weighted by Gasteiger charge is 2.34. The van der Waals surface area contributed by atoms with Crippen LogP contribution in [0.15, 0.2) is 82.2 Å². The summed E-state index contributed by atoms with van der Waals surface area (Å²) in [6.07, 6.45) is 21.4. The number of benzene rings is 3. The van der Waals surface area contributed by atoms with Crippen LogP contribution in [0.5, 0.6) is 0 Å². The Bertz CT molecular complexity index is 5040. The summed E-state index contributed by atoms with van der Waals surface area (Å²) in [5.41, 5.74) is 22.7. The number of hydrogen-bond acceptors (Lipinski definition) is 19. The lowest BCUT2D eigenvalue weighted by Gasteiger charge is -2.37. The normalized spacial score (nSPS) is 16.5. The summed E-state index contributed by atoms with van der Waals surface area (Å²) in [4.78, 5) is 101. The van der Waals surface area contributed by atoms with Gasteiger partial charge in [-0.1, -0.05) is 60.8 Å². The van der Waals surface area contributed by atoms with Gasteiger partial charge in [0.15, 0.2) is 0 Å². The van der Waals surface area contributed by atoms with Gasteiger partial charge in [0, 0.05) is 182 Å².